The van der Waals surface area contributed by atoms with Crippen molar-refractivity contribution in [2.24, 2.45) is 0 Å². The van der Waals surface area contributed by atoms with Gasteiger partial charge in [0.05, 0.1) is 11.5 Å². The summed E-state index contributed by atoms with van der Waals surface area (Å²) >= 11 is 5.19. The number of nitrogens with one attached hydrogen (secondary N) is 1. The zero-order chi connectivity index (χ0) is 10.2. The monoisotopic (exact) mass is 234 g/mol. The molecule has 1 saturated carbocycles. The van der Waals surface area contributed by atoms with E-state index in [1.807, 2.05) is 4.90 Å². The topological polar surface area (TPSA) is 49.4 Å². The first-order valence-electron chi connectivity index (χ1n) is 4.83. The minimum Gasteiger partial charge on any atom is -0.360 e. The minimum atomic E-state index is -2.79. The zero-order valence-electron chi connectivity index (χ0n) is 7.90. The van der Waals surface area contributed by atoms with Crippen LogP contribution in [0.2, 0.25) is 0 Å². The van der Waals surface area contributed by atoms with Gasteiger partial charge in [0.15, 0.2) is 14.9 Å². The van der Waals surface area contributed by atoms with Gasteiger partial charge in [-0.1, -0.05) is 0 Å². The van der Waals surface area contributed by atoms with Crippen molar-refractivity contribution in [2.45, 2.75) is 18.9 Å². The van der Waals surface area contributed by atoms with Gasteiger partial charge in [0.25, 0.3) is 0 Å². The van der Waals surface area contributed by atoms with Gasteiger partial charge < -0.3 is 10.2 Å². The minimum absolute atomic E-state index is 0.236. The highest BCUT2D eigenvalue weighted by Gasteiger charge is 2.27. The molecule has 0 radical (unpaired) electrons. The van der Waals surface area contributed by atoms with Crippen LogP contribution in [0.3, 0.4) is 0 Å². The highest BCUT2D eigenvalue weighted by atomic mass is 32.2. The molecule has 1 aliphatic heterocycles. The van der Waals surface area contributed by atoms with Crippen LogP contribution in [0.25, 0.3) is 0 Å². The molecular formula is C8H14N2O2S2. The number of rotatable bonds is 1. The van der Waals surface area contributed by atoms with E-state index in [2.05, 4.69) is 5.32 Å². The summed E-state index contributed by atoms with van der Waals surface area (Å²) in [6, 6.07) is 0.543. The molecule has 0 atom stereocenters. The predicted octanol–water partition coefficient (Wildman–Crippen LogP) is -0.246. The summed E-state index contributed by atoms with van der Waals surface area (Å²) in [5, 5.41) is 3.94. The third-order valence-corrected chi connectivity index (χ3v) is 4.52. The Kier molecular flexibility index (Phi) is 2.66. The van der Waals surface area contributed by atoms with Gasteiger partial charge >= 0.3 is 0 Å². The molecule has 1 N–H and O–H groups in total. The Hall–Kier alpha value is -0.360. The SMILES string of the molecule is O=S1(=O)CCN(C(=S)NC2CC2)CC1. The van der Waals surface area contributed by atoms with E-state index < -0.39 is 9.84 Å². The molecule has 0 spiro atoms. The molecule has 0 unspecified atom stereocenters. The van der Waals surface area contributed by atoms with Crippen LogP contribution >= 0.6 is 12.2 Å². The summed E-state index contributed by atoms with van der Waals surface area (Å²) < 4.78 is 22.3. The second-order valence-electron chi connectivity index (χ2n) is 3.86. The van der Waals surface area contributed by atoms with Crippen LogP contribution in [0.15, 0.2) is 0 Å². The van der Waals surface area contributed by atoms with Crippen LogP contribution in [0.1, 0.15) is 12.8 Å². The van der Waals surface area contributed by atoms with Crippen LogP contribution in [0, 0.1) is 0 Å². The van der Waals surface area contributed by atoms with Crippen molar-refractivity contribution in [2.75, 3.05) is 24.6 Å². The fourth-order valence-electron chi connectivity index (χ4n) is 1.41. The van der Waals surface area contributed by atoms with Gasteiger partial charge in [0, 0.05) is 19.1 Å². The lowest BCUT2D eigenvalue weighted by Gasteiger charge is -2.29. The van der Waals surface area contributed by atoms with E-state index in [-0.39, 0.29) is 11.5 Å². The molecule has 0 aromatic carbocycles. The Morgan fingerprint density at radius 3 is 2.36 bits per heavy atom. The number of nitrogens with zero attached hydrogens (tertiary/aromatic N) is 1. The average Bonchev–Trinajstić information content (AvgIpc) is 2.88. The first kappa shape index (κ1) is 10.2. The molecule has 1 heterocycles. The lowest BCUT2D eigenvalue weighted by molar-refractivity contribution is 0.435. The molecule has 2 fully saturated rings. The number of hydrogen-bond acceptors (Lipinski definition) is 3. The van der Waals surface area contributed by atoms with E-state index in [4.69, 9.17) is 12.2 Å². The number of hydrogen-bond donors (Lipinski definition) is 1. The summed E-state index contributed by atoms with van der Waals surface area (Å²) in [4.78, 5) is 1.95. The summed E-state index contributed by atoms with van der Waals surface area (Å²) in [5.41, 5.74) is 0. The smallest absolute Gasteiger partial charge is 0.169 e. The second kappa shape index (κ2) is 3.66. The molecule has 0 bridgehead atoms. The Labute approximate surface area is 89.6 Å². The average molecular weight is 234 g/mol. The van der Waals surface area contributed by atoms with Gasteiger partial charge in [0.2, 0.25) is 0 Å². The molecule has 14 heavy (non-hydrogen) atoms. The van der Waals surface area contributed by atoms with E-state index in [1.165, 1.54) is 12.8 Å². The van der Waals surface area contributed by atoms with Gasteiger partial charge in [-0.2, -0.15) is 0 Å². The van der Waals surface area contributed by atoms with Crippen molar-refractivity contribution in [3.05, 3.63) is 0 Å². The van der Waals surface area contributed by atoms with E-state index in [0.717, 1.165) is 5.11 Å². The second-order valence-corrected chi connectivity index (χ2v) is 6.55. The third-order valence-electron chi connectivity index (χ3n) is 2.54. The van der Waals surface area contributed by atoms with Gasteiger partial charge in [-0.15, -0.1) is 0 Å². The lowest BCUT2D eigenvalue weighted by Crippen LogP contribution is -2.48. The predicted molar refractivity (Wildman–Crippen MR) is 59.0 cm³/mol. The normalized spacial score (nSPS) is 25.9. The molecule has 2 aliphatic rings. The van der Waals surface area contributed by atoms with Crippen molar-refractivity contribution in [1.82, 2.24) is 10.2 Å². The Bertz CT molecular complexity index is 321. The van der Waals surface area contributed by atoms with Crippen molar-refractivity contribution in [1.29, 1.82) is 0 Å². The van der Waals surface area contributed by atoms with Crippen molar-refractivity contribution in [3.8, 4) is 0 Å². The standard InChI is InChI=1S/C8H14N2O2S2/c11-14(12)5-3-10(4-6-14)8(13)9-7-1-2-7/h7H,1-6H2,(H,9,13). The molecule has 4 nitrogen and oxygen atoms in total. The number of thiocarbonyl (C=S) groups is 1. The Morgan fingerprint density at radius 2 is 1.86 bits per heavy atom. The summed E-state index contributed by atoms with van der Waals surface area (Å²) in [7, 11) is -2.79. The molecule has 6 heteroatoms. The first-order valence-corrected chi connectivity index (χ1v) is 7.06. The highest BCUT2D eigenvalue weighted by Crippen LogP contribution is 2.19. The molecule has 0 amide bonds. The maximum Gasteiger partial charge on any atom is 0.169 e. The van der Waals surface area contributed by atoms with Gasteiger partial charge in [-0.25, -0.2) is 8.42 Å². The summed E-state index contributed by atoms with van der Waals surface area (Å²) in [5.74, 6) is 0.471. The van der Waals surface area contributed by atoms with Crippen LogP contribution in [0.5, 0.6) is 0 Å². The van der Waals surface area contributed by atoms with E-state index >= 15 is 0 Å². The van der Waals surface area contributed by atoms with Crippen LogP contribution < -0.4 is 5.32 Å². The maximum atomic E-state index is 11.2. The Balaban J connectivity index is 1.84. The fraction of sp³-hybridized carbons (Fsp3) is 0.875. The molecule has 1 saturated heterocycles. The third kappa shape index (κ3) is 2.57. The highest BCUT2D eigenvalue weighted by molar-refractivity contribution is 7.91. The largest absolute Gasteiger partial charge is 0.360 e. The van der Waals surface area contributed by atoms with Gasteiger partial charge in [0.1, 0.15) is 0 Å². The molecule has 0 aromatic rings. The molecule has 1 aliphatic carbocycles. The molecule has 80 valence electrons. The van der Waals surface area contributed by atoms with Crippen molar-refractivity contribution < 1.29 is 8.42 Å². The maximum absolute atomic E-state index is 11.2. The van der Waals surface area contributed by atoms with E-state index in [1.54, 1.807) is 0 Å². The summed E-state index contributed by atoms with van der Waals surface area (Å²) in [6.07, 6.45) is 2.37. The fourth-order valence-corrected chi connectivity index (χ4v) is 2.96. The Morgan fingerprint density at radius 1 is 1.29 bits per heavy atom. The molecule has 2 rings (SSSR count). The summed E-state index contributed by atoms with van der Waals surface area (Å²) in [6.45, 7) is 1.09. The van der Waals surface area contributed by atoms with Gasteiger partial charge in [-0.05, 0) is 25.1 Å². The quantitative estimate of drug-likeness (QED) is 0.634. The van der Waals surface area contributed by atoms with Crippen molar-refractivity contribution >= 4 is 27.2 Å². The van der Waals surface area contributed by atoms with E-state index in [0.29, 0.717) is 19.1 Å². The first-order chi connectivity index (χ1) is 6.57. The van der Waals surface area contributed by atoms with E-state index in [9.17, 15) is 8.42 Å². The molecule has 0 aromatic heterocycles. The van der Waals surface area contributed by atoms with Crippen LogP contribution in [-0.2, 0) is 9.84 Å². The van der Waals surface area contributed by atoms with Crippen LogP contribution in [0.4, 0.5) is 0 Å². The van der Waals surface area contributed by atoms with Crippen molar-refractivity contribution in [3.63, 3.8) is 0 Å². The van der Waals surface area contributed by atoms with Gasteiger partial charge in [-0.3, -0.25) is 0 Å². The van der Waals surface area contributed by atoms with Crippen LogP contribution in [-0.4, -0.2) is 49.1 Å². The zero-order valence-corrected chi connectivity index (χ0v) is 9.53. The molecular weight excluding hydrogens is 220 g/mol. The number of sulfone groups is 1. The lowest BCUT2D eigenvalue weighted by atomic mass is 10.5.